The first-order chi connectivity index (χ1) is 10.3. The van der Waals surface area contributed by atoms with Crippen molar-refractivity contribution in [2.45, 2.75) is 6.30 Å². The average Bonchev–Trinajstić information content (AvgIpc) is 3.21. The van der Waals surface area contributed by atoms with Crippen molar-refractivity contribution in [3.05, 3.63) is 60.7 Å². The van der Waals surface area contributed by atoms with Crippen LogP contribution in [0, 0.1) is 0 Å². The Labute approximate surface area is 131 Å². The van der Waals surface area contributed by atoms with E-state index in [-0.39, 0.29) is 10.8 Å². The standard InChI is InChI=1S/C14H8F2N2S3/c15-14-11(9-3-1-5-19-9)13-8(7-17-21-13)12(18(14)16)10-4-2-6-20-10/h1-7,14H. The van der Waals surface area contributed by atoms with Crippen molar-refractivity contribution >= 4 is 45.5 Å². The number of hydrogen-bond acceptors (Lipinski definition) is 5. The summed E-state index contributed by atoms with van der Waals surface area (Å²) in [6.45, 7) is 0. The lowest BCUT2D eigenvalue weighted by molar-refractivity contribution is 0.0122. The summed E-state index contributed by atoms with van der Waals surface area (Å²) in [5.74, 6) is 0. The molecule has 1 aliphatic heterocycles. The van der Waals surface area contributed by atoms with E-state index in [0.717, 1.165) is 4.88 Å². The van der Waals surface area contributed by atoms with Gasteiger partial charge in [-0.25, -0.2) is 4.39 Å². The topological polar surface area (TPSA) is 16.1 Å². The SMILES string of the molecule is FC1C(c2cccs2)=c2sncc2=C(c2cccs2)N1F. The third-order valence-corrected chi connectivity index (χ3v) is 5.88. The van der Waals surface area contributed by atoms with Gasteiger partial charge in [0.2, 0.25) is 6.30 Å². The quantitative estimate of drug-likeness (QED) is 0.527. The number of nitrogens with zero attached hydrogens (tertiary/aromatic N) is 2. The van der Waals surface area contributed by atoms with Crippen LogP contribution in [0.5, 0.6) is 0 Å². The summed E-state index contributed by atoms with van der Waals surface area (Å²) in [6, 6.07) is 7.25. The van der Waals surface area contributed by atoms with Crippen molar-refractivity contribution in [1.29, 1.82) is 0 Å². The molecule has 0 saturated heterocycles. The van der Waals surface area contributed by atoms with Gasteiger partial charge in [-0.05, 0) is 34.4 Å². The molecule has 1 unspecified atom stereocenters. The summed E-state index contributed by atoms with van der Waals surface area (Å²) in [5.41, 5.74) is 0.631. The zero-order chi connectivity index (χ0) is 14.4. The van der Waals surface area contributed by atoms with Gasteiger partial charge in [0.15, 0.2) is 0 Å². The highest BCUT2D eigenvalue weighted by Gasteiger charge is 2.33. The van der Waals surface area contributed by atoms with Crippen molar-refractivity contribution in [3.63, 3.8) is 0 Å². The number of alkyl halides is 1. The normalized spacial score (nSPS) is 18.2. The van der Waals surface area contributed by atoms with E-state index in [0.29, 0.717) is 20.2 Å². The first kappa shape index (κ1) is 13.1. The van der Waals surface area contributed by atoms with E-state index in [1.165, 1.54) is 34.2 Å². The molecule has 0 aliphatic carbocycles. The Morgan fingerprint density at radius 2 is 1.81 bits per heavy atom. The second kappa shape index (κ2) is 5.01. The van der Waals surface area contributed by atoms with Gasteiger partial charge in [0.25, 0.3) is 0 Å². The number of hydrogen-bond donors (Lipinski definition) is 0. The van der Waals surface area contributed by atoms with Gasteiger partial charge in [0.05, 0.1) is 15.6 Å². The minimum Gasteiger partial charge on any atom is -0.215 e. The lowest BCUT2D eigenvalue weighted by Crippen LogP contribution is -2.41. The summed E-state index contributed by atoms with van der Waals surface area (Å²) in [6.07, 6.45) is -0.199. The Balaban J connectivity index is 2.12. The van der Waals surface area contributed by atoms with Crippen molar-refractivity contribution in [1.82, 2.24) is 9.50 Å². The minimum absolute atomic E-state index is 0.220. The van der Waals surface area contributed by atoms with Crippen LogP contribution in [0.4, 0.5) is 8.87 Å². The molecule has 0 aromatic carbocycles. The molecule has 0 N–H and O–H groups in total. The van der Waals surface area contributed by atoms with Crippen LogP contribution in [0.15, 0.2) is 41.2 Å². The van der Waals surface area contributed by atoms with Crippen LogP contribution in [0.3, 0.4) is 0 Å². The predicted molar refractivity (Wildman–Crippen MR) is 82.9 cm³/mol. The molecule has 106 valence electrons. The van der Waals surface area contributed by atoms with Crippen LogP contribution >= 0.6 is 34.2 Å². The molecule has 3 aromatic heterocycles. The van der Waals surface area contributed by atoms with Crippen molar-refractivity contribution in [3.8, 4) is 0 Å². The summed E-state index contributed by atoms with van der Waals surface area (Å²) >= 11 is 4.00. The Morgan fingerprint density at radius 3 is 2.48 bits per heavy atom. The van der Waals surface area contributed by atoms with Crippen LogP contribution < -0.4 is 9.75 Å². The zero-order valence-corrected chi connectivity index (χ0v) is 12.9. The van der Waals surface area contributed by atoms with Crippen molar-refractivity contribution in [2.75, 3.05) is 0 Å². The average molecular weight is 338 g/mol. The third kappa shape index (κ3) is 1.96. The molecule has 4 rings (SSSR count). The fourth-order valence-electron chi connectivity index (χ4n) is 2.36. The van der Waals surface area contributed by atoms with Gasteiger partial charge in [-0.2, -0.15) is 9.50 Å². The van der Waals surface area contributed by atoms with Gasteiger partial charge in [-0.3, -0.25) is 0 Å². The second-order valence-corrected chi connectivity index (χ2v) is 7.13. The lowest BCUT2D eigenvalue weighted by Gasteiger charge is -2.25. The maximum absolute atomic E-state index is 14.7. The molecule has 1 aliphatic rings. The van der Waals surface area contributed by atoms with Gasteiger partial charge in [0, 0.05) is 15.7 Å². The van der Waals surface area contributed by atoms with E-state index in [4.69, 9.17) is 0 Å². The molecular weight excluding hydrogens is 330 g/mol. The number of aromatic nitrogens is 1. The smallest absolute Gasteiger partial charge is 0.215 e. The first-order valence-electron chi connectivity index (χ1n) is 6.13. The van der Waals surface area contributed by atoms with Crippen LogP contribution in [0.25, 0.3) is 11.3 Å². The van der Waals surface area contributed by atoms with Crippen LogP contribution in [-0.4, -0.2) is 15.8 Å². The lowest BCUT2D eigenvalue weighted by atomic mass is 10.1. The third-order valence-electron chi connectivity index (χ3n) is 3.26. The van der Waals surface area contributed by atoms with E-state index in [1.807, 2.05) is 22.9 Å². The van der Waals surface area contributed by atoms with E-state index in [2.05, 4.69) is 4.37 Å². The van der Waals surface area contributed by atoms with Crippen LogP contribution in [-0.2, 0) is 0 Å². The predicted octanol–water partition coefficient (Wildman–Crippen LogP) is 3.12. The Hall–Kier alpha value is -1.57. The highest BCUT2D eigenvalue weighted by molar-refractivity contribution is 7.11. The Bertz CT molecular complexity index is 808. The van der Waals surface area contributed by atoms with E-state index < -0.39 is 6.30 Å². The van der Waals surface area contributed by atoms with Gasteiger partial charge in [-0.15, -0.1) is 22.7 Å². The molecule has 7 heteroatoms. The molecular formula is C14H8F2N2S3. The van der Waals surface area contributed by atoms with Gasteiger partial charge >= 0.3 is 0 Å². The molecule has 4 heterocycles. The van der Waals surface area contributed by atoms with Gasteiger partial charge < -0.3 is 0 Å². The molecule has 2 nitrogen and oxygen atoms in total. The summed E-state index contributed by atoms with van der Waals surface area (Å²) in [7, 11) is 0. The molecule has 3 aromatic rings. The molecule has 0 saturated carbocycles. The molecule has 0 bridgehead atoms. The number of halogens is 2. The first-order valence-corrected chi connectivity index (χ1v) is 8.66. The molecule has 0 spiro atoms. The molecule has 0 fully saturated rings. The van der Waals surface area contributed by atoms with E-state index >= 15 is 0 Å². The Morgan fingerprint density at radius 1 is 1.10 bits per heavy atom. The fraction of sp³-hybridized carbons (Fsp3) is 0.0714. The number of thiophene rings is 2. The zero-order valence-electron chi connectivity index (χ0n) is 10.5. The van der Waals surface area contributed by atoms with E-state index in [9.17, 15) is 8.87 Å². The van der Waals surface area contributed by atoms with Crippen molar-refractivity contribution in [2.24, 2.45) is 0 Å². The van der Waals surface area contributed by atoms with Crippen molar-refractivity contribution < 1.29 is 8.87 Å². The minimum atomic E-state index is -1.81. The maximum atomic E-state index is 14.7. The van der Waals surface area contributed by atoms with Crippen LogP contribution in [0.2, 0.25) is 0 Å². The molecule has 21 heavy (non-hydrogen) atoms. The molecule has 0 radical (unpaired) electrons. The highest BCUT2D eigenvalue weighted by atomic mass is 32.1. The largest absolute Gasteiger partial charge is 0.228 e. The van der Waals surface area contributed by atoms with Crippen LogP contribution in [0.1, 0.15) is 9.75 Å². The van der Waals surface area contributed by atoms with Gasteiger partial charge in [0.1, 0.15) is 5.70 Å². The summed E-state index contributed by atoms with van der Waals surface area (Å²) in [5, 5.41) is 4.58. The number of rotatable bonds is 2. The second-order valence-electron chi connectivity index (χ2n) is 4.43. The summed E-state index contributed by atoms with van der Waals surface area (Å²) in [4.78, 5) is 1.44. The highest BCUT2D eigenvalue weighted by Crippen LogP contribution is 2.33. The van der Waals surface area contributed by atoms with Gasteiger partial charge in [-0.1, -0.05) is 16.6 Å². The monoisotopic (exact) mass is 338 g/mol. The number of fused-ring (bicyclic) bond motifs is 1. The Kier molecular flexibility index (Phi) is 3.13. The molecule has 0 amide bonds. The maximum Gasteiger partial charge on any atom is 0.228 e. The fourth-order valence-corrected chi connectivity index (χ4v) is 4.80. The van der Waals surface area contributed by atoms with E-state index in [1.54, 1.807) is 18.3 Å². The molecule has 1 atom stereocenters. The summed E-state index contributed by atoms with van der Waals surface area (Å²) < 4.78 is 34.1.